The summed E-state index contributed by atoms with van der Waals surface area (Å²) in [6.07, 6.45) is 0.691. The summed E-state index contributed by atoms with van der Waals surface area (Å²) in [5.41, 5.74) is 1.45. The van der Waals surface area contributed by atoms with Gasteiger partial charge in [0.25, 0.3) is 10.0 Å². The van der Waals surface area contributed by atoms with E-state index in [0.29, 0.717) is 12.1 Å². The molecule has 3 rings (SSSR count). The number of hydrogen-bond donors (Lipinski definition) is 1. The first-order valence-corrected chi connectivity index (χ1v) is 14.0. The van der Waals surface area contributed by atoms with Gasteiger partial charge in [-0.2, -0.15) is 0 Å². The molecule has 3 aromatic rings. The van der Waals surface area contributed by atoms with Gasteiger partial charge in [0, 0.05) is 18.2 Å². The summed E-state index contributed by atoms with van der Waals surface area (Å²) in [6.45, 7) is 6.42. The fraction of sp³-hybridized carbons (Fsp3) is 0.310. The largest absolute Gasteiger partial charge is 0.352 e. The maximum absolute atomic E-state index is 14.6. The summed E-state index contributed by atoms with van der Waals surface area (Å²) < 4.78 is 43.0. The van der Waals surface area contributed by atoms with Gasteiger partial charge in [0.2, 0.25) is 11.8 Å². The Kier molecular flexibility index (Phi) is 9.63. The van der Waals surface area contributed by atoms with Gasteiger partial charge in [-0.25, -0.2) is 12.8 Å². The van der Waals surface area contributed by atoms with Crippen molar-refractivity contribution in [2.75, 3.05) is 10.8 Å². The lowest BCUT2D eigenvalue weighted by atomic mass is 10.1. The number of amides is 2. The third-order valence-electron chi connectivity index (χ3n) is 6.40. The van der Waals surface area contributed by atoms with E-state index >= 15 is 0 Å². The first-order valence-electron chi connectivity index (χ1n) is 12.5. The Hall–Kier alpha value is -3.72. The third kappa shape index (κ3) is 6.98. The highest BCUT2D eigenvalue weighted by molar-refractivity contribution is 7.92. The fourth-order valence-electron chi connectivity index (χ4n) is 3.82. The number of nitrogens with zero attached hydrogens (tertiary/aromatic N) is 2. The van der Waals surface area contributed by atoms with E-state index in [1.165, 1.54) is 35.2 Å². The van der Waals surface area contributed by atoms with Crippen molar-refractivity contribution in [3.8, 4) is 0 Å². The number of sulfonamides is 1. The molecule has 2 amide bonds. The molecule has 0 aliphatic rings. The standard InChI is InChI=1S/C29H34FN3O4S/c1-5-22(3)31-29(35)23(4)32(19-24-11-9-10-14-27(24)30)28(34)20-33(25-17-15-21(2)16-18-25)38(36,37)26-12-7-6-8-13-26/h6-18,22-23H,5,19-20H2,1-4H3,(H,31,35)/t22-,23+/m0/s1. The lowest BCUT2D eigenvalue weighted by molar-refractivity contribution is -0.139. The van der Waals surface area contributed by atoms with Gasteiger partial charge in [0.05, 0.1) is 10.6 Å². The van der Waals surface area contributed by atoms with Crippen LogP contribution < -0.4 is 9.62 Å². The molecule has 3 aromatic carbocycles. The predicted octanol–water partition coefficient (Wildman–Crippen LogP) is 4.66. The SMILES string of the molecule is CC[C@H](C)NC(=O)[C@@H](C)N(Cc1ccccc1F)C(=O)CN(c1ccc(C)cc1)S(=O)(=O)c1ccccc1. The average molecular weight is 540 g/mol. The van der Waals surface area contributed by atoms with Crippen LogP contribution in [0, 0.1) is 12.7 Å². The minimum absolute atomic E-state index is 0.0246. The Morgan fingerprint density at radius 2 is 1.53 bits per heavy atom. The molecular weight excluding hydrogens is 505 g/mol. The van der Waals surface area contributed by atoms with Crippen LogP contribution in [-0.2, 0) is 26.2 Å². The molecule has 9 heteroatoms. The highest BCUT2D eigenvalue weighted by Crippen LogP contribution is 2.25. The van der Waals surface area contributed by atoms with E-state index in [1.807, 2.05) is 20.8 Å². The highest BCUT2D eigenvalue weighted by atomic mass is 32.2. The van der Waals surface area contributed by atoms with E-state index in [1.54, 1.807) is 55.5 Å². The minimum Gasteiger partial charge on any atom is -0.352 e. The Morgan fingerprint density at radius 1 is 0.921 bits per heavy atom. The summed E-state index contributed by atoms with van der Waals surface area (Å²) in [5, 5.41) is 2.85. The maximum atomic E-state index is 14.6. The molecule has 0 aromatic heterocycles. The van der Waals surface area contributed by atoms with Crippen molar-refractivity contribution in [1.29, 1.82) is 0 Å². The number of nitrogens with one attached hydrogen (secondary N) is 1. The lowest BCUT2D eigenvalue weighted by Gasteiger charge is -2.32. The molecule has 7 nitrogen and oxygen atoms in total. The van der Waals surface area contributed by atoms with Crippen LogP contribution in [0.3, 0.4) is 0 Å². The van der Waals surface area contributed by atoms with Gasteiger partial charge in [-0.05, 0) is 57.5 Å². The zero-order chi connectivity index (χ0) is 27.9. The molecule has 0 spiro atoms. The summed E-state index contributed by atoms with van der Waals surface area (Å²) in [5.74, 6) is -1.57. The molecule has 0 fully saturated rings. The van der Waals surface area contributed by atoms with Crippen LogP contribution >= 0.6 is 0 Å². The number of carbonyl (C=O) groups excluding carboxylic acids is 2. The molecule has 0 bridgehead atoms. The fourth-order valence-corrected chi connectivity index (χ4v) is 5.25. The Balaban J connectivity index is 2.02. The summed E-state index contributed by atoms with van der Waals surface area (Å²) in [6, 6.07) is 19.5. The molecule has 202 valence electrons. The number of anilines is 1. The molecular formula is C29H34FN3O4S. The summed E-state index contributed by atoms with van der Waals surface area (Å²) in [7, 11) is -4.13. The van der Waals surface area contributed by atoms with E-state index in [9.17, 15) is 22.4 Å². The predicted molar refractivity (Wildman–Crippen MR) is 146 cm³/mol. The number of hydrogen-bond acceptors (Lipinski definition) is 4. The maximum Gasteiger partial charge on any atom is 0.264 e. The summed E-state index contributed by atoms with van der Waals surface area (Å²) in [4.78, 5) is 28.1. The van der Waals surface area contributed by atoms with Crippen molar-refractivity contribution >= 4 is 27.5 Å². The van der Waals surface area contributed by atoms with Crippen molar-refractivity contribution < 1.29 is 22.4 Å². The molecule has 1 N–H and O–H groups in total. The van der Waals surface area contributed by atoms with Gasteiger partial charge < -0.3 is 10.2 Å². The molecule has 0 radical (unpaired) electrons. The third-order valence-corrected chi connectivity index (χ3v) is 8.19. The normalized spacial score (nSPS) is 12.9. The molecule has 0 unspecified atom stereocenters. The first kappa shape index (κ1) is 28.8. The van der Waals surface area contributed by atoms with Crippen LogP contribution in [-0.4, -0.2) is 43.8 Å². The molecule has 38 heavy (non-hydrogen) atoms. The van der Waals surface area contributed by atoms with Crippen LogP contribution in [0.1, 0.15) is 38.3 Å². The van der Waals surface area contributed by atoms with Crippen LogP contribution in [0.2, 0.25) is 0 Å². The minimum atomic E-state index is -4.13. The molecule has 0 aliphatic carbocycles. The van der Waals surface area contributed by atoms with E-state index < -0.39 is 40.2 Å². The van der Waals surface area contributed by atoms with Gasteiger partial charge in [-0.15, -0.1) is 0 Å². The Labute approximate surface area is 224 Å². The van der Waals surface area contributed by atoms with E-state index in [0.717, 1.165) is 9.87 Å². The quantitative estimate of drug-likeness (QED) is 0.384. The molecule has 0 aliphatic heterocycles. The van der Waals surface area contributed by atoms with Gasteiger partial charge in [-0.1, -0.05) is 61.0 Å². The average Bonchev–Trinajstić information content (AvgIpc) is 2.91. The summed E-state index contributed by atoms with van der Waals surface area (Å²) >= 11 is 0. The monoisotopic (exact) mass is 539 g/mol. The first-order chi connectivity index (χ1) is 18.0. The van der Waals surface area contributed by atoms with Crippen molar-refractivity contribution in [2.24, 2.45) is 0 Å². The van der Waals surface area contributed by atoms with Crippen molar-refractivity contribution in [1.82, 2.24) is 10.2 Å². The molecule has 2 atom stereocenters. The second kappa shape index (κ2) is 12.7. The van der Waals surface area contributed by atoms with Crippen molar-refractivity contribution in [2.45, 2.75) is 57.6 Å². The smallest absolute Gasteiger partial charge is 0.264 e. The second-order valence-electron chi connectivity index (χ2n) is 9.27. The second-order valence-corrected chi connectivity index (χ2v) is 11.1. The number of aryl methyl sites for hydroxylation is 1. The van der Waals surface area contributed by atoms with Gasteiger partial charge in [0.15, 0.2) is 0 Å². The van der Waals surface area contributed by atoms with Crippen LogP contribution in [0.4, 0.5) is 10.1 Å². The van der Waals surface area contributed by atoms with Crippen molar-refractivity contribution in [3.63, 3.8) is 0 Å². The van der Waals surface area contributed by atoms with E-state index in [2.05, 4.69) is 5.32 Å². The zero-order valence-corrected chi connectivity index (χ0v) is 22.9. The van der Waals surface area contributed by atoms with Gasteiger partial charge >= 0.3 is 0 Å². The van der Waals surface area contributed by atoms with Crippen LogP contribution in [0.5, 0.6) is 0 Å². The van der Waals surface area contributed by atoms with E-state index in [4.69, 9.17) is 0 Å². The van der Waals surface area contributed by atoms with Crippen LogP contribution in [0.25, 0.3) is 0 Å². The Bertz CT molecular complexity index is 1350. The zero-order valence-electron chi connectivity index (χ0n) is 22.1. The van der Waals surface area contributed by atoms with Gasteiger partial charge in [-0.3, -0.25) is 13.9 Å². The topological polar surface area (TPSA) is 86.8 Å². The van der Waals surface area contributed by atoms with Gasteiger partial charge in [0.1, 0.15) is 18.4 Å². The van der Waals surface area contributed by atoms with Crippen LogP contribution in [0.15, 0.2) is 83.8 Å². The number of rotatable bonds is 11. The highest BCUT2D eigenvalue weighted by Gasteiger charge is 2.33. The number of halogens is 1. The Morgan fingerprint density at radius 3 is 2.13 bits per heavy atom. The molecule has 0 saturated carbocycles. The molecule has 0 heterocycles. The van der Waals surface area contributed by atoms with E-state index in [-0.39, 0.29) is 23.0 Å². The number of benzene rings is 3. The molecule has 0 saturated heterocycles. The lowest BCUT2D eigenvalue weighted by Crippen LogP contribution is -2.52. The van der Waals surface area contributed by atoms with Crippen molar-refractivity contribution in [3.05, 3.63) is 95.8 Å². The number of carbonyl (C=O) groups is 2.